The highest BCUT2D eigenvalue weighted by Crippen LogP contribution is 2.26. The second-order valence-electron chi connectivity index (χ2n) is 8.19. The average molecular weight is 408 g/mol. The molecule has 0 saturated carbocycles. The van der Waals surface area contributed by atoms with Gasteiger partial charge in [-0.1, -0.05) is 42.5 Å². The Hall–Kier alpha value is -2.82. The van der Waals surface area contributed by atoms with Crippen molar-refractivity contribution in [2.45, 2.75) is 52.1 Å². The summed E-state index contributed by atoms with van der Waals surface area (Å²) < 4.78 is 0. The number of nitrogens with one attached hydrogen (secondary N) is 1. The second-order valence-corrected chi connectivity index (χ2v) is 8.19. The fraction of sp³-hybridized carbons (Fsp3) is 0.440. The van der Waals surface area contributed by atoms with Gasteiger partial charge in [0, 0.05) is 37.4 Å². The van der Waals surface area contributed by atoms with E-state index >= 15 is 0 Å². The Balaban J connectivity index is 1.60. The molecule has 1 N–H and O–H groups in total. The summed E-state index contributed by atoms with van der Waals surface area (Å²) in [6, 6.07) is 18.1. The van der Waals surface area contributed by atoms with Gasteiger partial charge in [-0.25, -0.2) is 0 Å². The molecular weight excluding hydrogens is 374 g/mol. The fourth-order valence-electron chi connectivity index (χ4n) is 4.15. The Morgan fingerprint density at radius 3 is 2.30 bits per heavy atom. The normalized spacial score (nSPS) is 14.6. The van der Waals surface area contributed by atoms with Crippen LogP contribution in [-0.4, -0.2) is 48.4 Å². The molecule has 2 amide bonds. The van der Waals surface area contributed by atoms with E-state index in [4.69, 9.17) is 0 Å². The molecule has 160 valence electrons. The van der Waals surface area contributed by atoms with Crippen LogP contribution in [0.5, 0.6) is 0 Å². The number of piperidine rings is 1. The molecule has 0 aromatic heterocycles. The minimum atomic E-state index is 0.0748. The van der Waals surface area contributed by atoms with Gasteiger partial charge in [0.1, 0.15) is 0 Å². The molecule has 2 aromatic carbocycles. The van der Waals surface area contributed by atoms with Gasteiger partial charge in [0.2, 0.25) is 5.91 Å². The van der Waals surface area contributed by atoms with E-state index in [2.05, 4.69) is 10.2 Å². The molecule has 30 heavy (non-hydrogen) atoms. The Morgan fingerprint density at radius 2 is 1.67 bits per heavy atom. The first kappa shape index (κ1) is 21.9. The molecule has 0 unspecified atom stereocenters. The highest BCUT2D eigenvalue weighted by atomic mass is 16.2. The lowest BCUT2D eigenvalue weighted by atomic mass is 10.0. The van der Waals surface area contributed by atoms with Gasteiger partial charge in [0.25, 0.3) is 5.91 Å². The van der Waals surface area contributed by atoms with Gasteiger partial charge in [0.15, 0.2) is 0 Å². The topological polar surface area (TPSA) is 52.7 Å². The van der Waals surface area contributed by atoms with Crippen LogP contribution in [0.15, 0.2) is 54.6 Å². The van der Waals surface area contributed by atoms with Gasteiger partial charge in [0.05, 0.1) is 12.0 Å². The molecule has 2 aromatic rings. The molecule has 1 saturated heterocycles. The Labute approximate surface area is 180 Å². The lowest BCUT2D eigenvalue weighted by molar-refractivity contribution is -0.121. The monoisotopic (exact) mass is 407 g/mol. The van der Waals surface area contributed by atoms with E-state index in [9.17, 15) is 9.59 Å². The number of carbonyl (C=O) groups is 2. The second kappa shape index (κ2) is 10.3. The summed E-state index contributed by atoms with van der Waals surface area (Å²) in [4.78, 5) is 29.7. The third-order valence-corrected chi connectivity index (χ3v) is 5.77. The summed E-state index contributed by atoms with van der Waals surface area (Å²) >= 11 is 0. The van der Waals surface area contributed by atoms with Crippen LogP contribution in [-0.2, 0) is 11.2 Å². The summed E-state index contributed by atoms with van der Waals surface area (Å²) in [6.45, 7) is 8.47. The van der Waals surface area contributed by atoms with Crippen molar-refractivity contribution in [1.29, 1.82) is 0 Å². The van der Waals surface area contributed by atoms with Crippen LogP contribution in [0, 0.1) is 0 Å². The Morgan fingerprint density at radius 1 is 1.03 bits per heavy atom. The van der Waals surface area contributed by atoms with Crippen LogP contribution in [0.1, 0.15) is 49.5 Å². The summed E-state index contributed by atoms with van der Waals surface area (Å²) in [5.41, 5.74) is 2.79. The van der Waals surface area contributed by atoms with Crippen molar-refractivity contribution in [2.75, 3.05) is 24.5 Å². The van der Waals surface area contributed by atoms with Gasteiger partial charge in [-0.15, -0.1) is 0 Å². The summed E-state index contributed by atoms with van der Waals surface area (Å²) in [5, 5.41) is 3.18. The van der Waals surface area contributed by atoms with E-state index in [0.717, 1.165) is 42.7 Å². The first-order chi connectivity index (χ1) is 14.5. The van der Waals surface area contributed by atoms with Crippen molar-refractivity contribution in [3.63, 3.8) is 0 Å². The van der Waals surface area contributed by atoms with Gasteiger partial charge in [-0.2, -0.15) is 0 Å². The zero-order valence-electron chi connectivity index (χ0n) is 18.3. The summed E-state index contributed by atoms with van der Waals surface area (Å²) in [5.74, 6) is 0.159. The van der Waals surface area contributed by atoms with Crippen molar-refractivity contribution in [3.8, 4) is 0 Å². The summed E-state index contributed by atoms with van der Waals surface area (Å²) in [6.07, 6.45) is 2.18. The molecule has 0 spiro atoms. The number of para-hydroxylation sites is 1. The molecule has 1 fully saturated rings. The smallest absolute Gasteiger partial charge is 0.256 e. The number of benzene rings is 2. The zero-order chi connectivity index (χ0) is 21.5. The van der Waals surface area contributed by atoms with E-state index in [1.807, 2.05) is 80.3 Å². The maximum atomic E-state index is 13.1. The van der Waals surface area contributed by atoms with E-state index < -0.39 is 0 Å². The number of hydrogen-bond donors (Lipinski definition) is 1. The molecule has 3 rings (SSSR count). The van der Waals surface area contributed by atoms with Crippen molar-refractivity contribution in [1.82, 2.24) is 10.2 Å². The van der Waals surface area contributed by atoms with Crippen molar-refractivity contribution >= 4 is 17.5 Å². The van der Waals surface area contributed by atoms with E-state index in [0.29, 0.717) is 13.0 Å². The van der Waals surface area contributed by atoms with Crippen molar-refractivity contribution in [3.05, 3.63) is 65.7 Å². The first-order valence-corrected chi connectivity index (χ1v) is 11.0. The molecule has 0 bridgehead atoms. The van der Waals surface area contributed by atoms with Crippen LogP contribution in [0.3, 0.4) is 0 Å². The van der Waals surface area contributed by atoms with E-state index in [1.165, 1.54) is 0 Å². The molecule has 5 nitrogen and oxygen atoms in total. The quantitative estimate of drug-likeness (QED) is 0.758. The number of anilines is 1. The maximum absolute atomic E-state index is 13.1. The van der Waals surface area contributed by atoms with Gasteiger partial charge >= 0.3 is 0 Å². The predicted molar refractivity (Wildman–Crippen MR) is 122 cm³/mol. The molecule has 5 heteroatoms. The van der Waals surface area contributed by atoms with E-state index in [-0.39, 0.29) is 23.9 Å². The minimum Gasteiger partial charge on any atom is -0.371 e. The third kappa shape index (κ3) is 5.41. The lowest BCUT2D eigenvalue weighted by Gasteiger charge is -2.35. The lowest BCUT2D eigenvalue weighted by Crippen LogP contribution is -2.46. The number of nitrogens with zero attached hydrogens (tertiary/aromatic N) is 2. The average Bonchev–Trinajstić information content (AvgIpc) is 2.75. The minimum absolute atomic E-state index is 0.0748. The number of hydrogen-bond acceptors (Lipinski definition) is 3. The highest BCUT2D eigenvalue weighted by molar-refractivity contribution is 6.00. The summed E-state index contributed by atoms with van der Waals surface area (Å²) in [7, 11) is 0. The van der Waals surface area contributed by atoms with Crippen molar-refractivity contribution < 1.29 is 9.59 Å². The van der Waals surface area contributed by atoms with E-state index in [1.54, 1.807) is 0 Å². The number of amides is 2. The fourth-order valence-corrected chi connectivity index (χ4v) is 4.15. The predicted octanol–water partition coefficient (Wildman–Crippen LogP) is 3.88. The zero-order valence-corrected chi connectivity index (χ0v) is 18.3. The van der Waals surface area contributed by atoms with Crippen molar-refractivity contribution in [2.24, 2.45) is 0 Å². The third-order valence-electron chi connectivity index (χ3n) is 5.77. The van der Waals surface area contributed by atoms with Gasteiger partial charge < -0.3 is 15.1 Å². The van der Waals surface area contributed by atoms with Crippen LogP contribution in [0.2, 0.25) is 0 Å². The number of carbonyl (C=O) groups excluding carboxylic acids is 2. The maximum Gasteiger partial charge on any atom is 0.256 e. The van der Waals surface area contributed by atoms with Crippen LogP contribution in [0.25, 0.3) is 0 Å². The van der Waals surface area contributed by atoms with Gasteiger partial charge in [-0.05, 0) is 51.3 Å². The molecular formula is C25H33N3O2. The Kier molecular flexibility index (Phi) is 7.50. The van der Waals surface area contributed by atoms with Crippen LogP contribution < -0.4 is 10.2 Å². The molecule has 0 radical (unpaired) electrons. The molecule has 1 aliphatic heterocycles. The molecule has 1 heterocycles. The van der Waals surface area contributed by atoms with Gasteiger partial charge in [-0.3, -0.25) is 9.59 Å². The SMILES string of the molecule is CCN(C(=O)c1ccccc1N1CCC(NC(=O)Cc2ccccc2)CC1)C(C)C. The highest BCUT2D eigenvalue weighted by Gasteiger charge is 2.26. The Bertz CT molecular complexity index is 842. The van der Waals surface area contributed by atoms with Crippen LogP contribution in [0.4, 0.5) is 5.69 Å². The molecule has 0 aliphatic carbocycles. The van der Waals surface area contributed by atoms with Crippen LogP contribution >= 0.6 is 0 Å². The molecule has 1 aliphatic rings. The molecule has 0 atom stereocenters. The largest absolute Gasteiger partial charge is 0.371 e. The first-order valence-electron chi connectivity index (χ1n) is 11.0. The standard InChI is InChI=1S/C25H33N3O2/c1-4-28(19(2)3)25(30)22-12-8-9-13-23(22)27-16-14-21(15-17-27)26-24(29)18-20-10-6-5-7-11-20/h5-13,19,21H,4,14-18H2,1-3H3,(H,26,29). The number of rotatable bonds is 7.